The Bertz CT molecular complexity index is 1030. The molecule has 0 aliphatic carbocycles. The molecule has 1 aromatic carbocycles. The normalized spacial score (nSPS) is 14.2. The maximum Gasteiger partial charge on any atom is 0.321 e. The molecule has 0 unspecified atom stereocenters. The predicted molar refractivity (Wildman–Crippen MR) is 105 cm³/mol. The molecule has 144 valence electrons. The first kappa shape index (κ1) is 17.9. The van der Waals surface area contributed by atoms with Crippen LogP contribution < -0.4 is 20.7 Å². The molecule has 28 heavy (non-hydrogen) atoms. The molecule has 0 bridgehead atoms. The van der Waals surface area contributed by atoms with Crippen LogP contribution in [-0.4, -0.2) is 45.5 Å². The number of pyridine rings is 1. The van der Waals surface area contributed by atoms with E-state index in [-0.39, 0.29) is 31.0 Å². The maximum atomic E-state index is 11.9. The smallest absolute Gasteiger partial charge is 0.321 e. The highest BCUT2D eigenvalue weighted by Crippen LogP contribution is 2.26. The summed E-state index contributed by atoms with van der Waals surface area (Å²) in [6, 6.07) is 8.28. The van der Waals surface area contributed by atoms with Crippen LogP contribution in [0.5, 0.6) is 6.01 Å². The van der Waals surface area contributed by atoms with Crippen molar-refractivity contribution in [1.29, 1.82) is 0 Å². The fraction of sp³-hybridized carbons (Fsp3) is 0.316. The lowest BCUT2D eigenvalue weighted by atomic mass is 10.1. The van der Waals surface area contributed by atoms with E-state index in [2.05, 4.69) is 26.3 Å². The lowest BCUT2D eigenvalue weighted by Crippen LogP contribution is -2.48. The number of aryl methyl sites for hydroxylation is 2. The summed E-state index contributed by atoms with van der Waals surface area (Å²) in [5.74, 6) is 1.31. The van der Waals surface area contributed by atoms with Gasteiger partial charge < -0.3 is 20.7 Å². The molecule has 1 fully saturated rings. The molecule has 9 heteroatoms. The molecular weight excluding hydrogens is 358 g/mol. The first-order valence-corrected chi connectivity index (χ1v) is 9.01. The number of nitrogens with zero attached hydrogens (tertiary/aromatic N) is 5. The van der Waals surface area contributed by atoms with Crippen molar-refractivity contribution in [1.82, 2.24) is 25.3 Å². The molecule has 1 aliphatic heterocycles. The highest BCUT2D eigenvalue weighted by Gasteiger charge is 2.21. The van der Waals surface area contributed by atoms with Gasteiger partial charge in [-0.3, -0.25) is 4.79 Å². The number of anilines is 2. The molecule has 3 aromatic rings. The van der Waals surface area contributed by atoms with E-state index >= 15 is 0 Å². The summed E-state index contributed by atoms with van der Waals surface area (Å²) < 4.78 is 5.78. The van der Waals surface area contributed by atoms with Crippen LogP contribution in [-0.2, 0) is 11.4 Å². The number of hydrogen-bond acceptors (Lipinski definition) is 8. The highest BCUT2D eigenvalue weighted by atomic mass is 16.5. The lowest BCUT2D eigenvalue weighted by molar-refractivity contribution is -0.120. The Morgan fingerprint density at radius 1 is 1.18 bits per heavy atom. The number of aromatic nitrogens is 4. The van der Waals surface area contributed by atoms with Gasteiger partial charge in [0.2, 0.25) is 11.9 Å². The topological polar surface area (TPSA) is 119 Å². The number of hydrogen-bond donors (Lipinski definition) is 2. The highest BCUT2D eigenvalue weighted by molar-refractivity contribution is 5.85. The monoisotopic (exact) mass is 379 g/mol. The predicted octanol–water partition coefficient (Wildman–Crippen LogP) is 1.13. The number of amides is 1. The van der Waals surface area contributed by atoms with Gasteiger partial charge in [-0.15, -0.1) is 0 Å². The first-order chi connectivity index (χ1) is 13.5. The Morgan fingerprint density at radius 2 is 2.04 bits per heavy atom. The third-order valence-corrected chi connectivity index (χ3v) is 4.46. The summed E-state index contributed by atoms with van der Waals surface area (Å²) in [5.41, 5.74) is 8.54. The van der Waals surface area contributed by atoms with Crippen molar-refractivity contribution < 1.29 is 9.53 Å². The van der Waals surface area contributed by atoms with Gasteiger partial charge in [-0.2, -0.15) is 15.0 Å². The number of fused-ring (bicyclic) bond motifs is 1. The van der Waals surface area contributed by atoms with Crippen molar-refractivity contribution in [2.45, 2.75) is 20.5 Å². The molecule has 1 saturated heterocycles. The van der Waals surface area contributed by atoms with Crippen molar-refractivity contribution >= 4 is 28.6 Å². The summed E-state index contributed by atoms with van der Waals surface area (Å²) in [6.45, 7) is 5.48. The number of rotatable bonds is 4. The molecule has 2 aromatic heterocycles. The zero-order valence-electron chi connectivity index (χ0n) is 15.8. The van der Waals surface area contributed by atoms with Crippen LogP contribution in [0.2, 0.25) is 0 Å². The number of nitrogen functional groups attached to an aromatic ring is 1. The van der Waals surface area contributed by atoms with Crippen molar-refractivity contribution in [2.24, 2.45) is 0 Å². The second kappa shape index (κ2) is 7.26. The number of carbonyl (C=O) groups is 1. The van der Waals surface area contributed by atoms with Gasteiger partial charge in [0.05, 0.1) is 12.1 Å². The van der Waals surface area contributed by atoms with Crippen LogP contribution in [0.1, 0.15) is 17.0 Å². The van der Waals surface area contributed by atoms with Gasteiger partial charge in [0.15, 0.2) is 0 Å². The van der Waals surface area contributed by atoms with Gasteiger partial charge in [0.1, 0.15) is 18.2 Å². The van der Waals surface area contributed by atoms with E-state index < -0.39 is 0 Å². The molecule has 0 atom stereocenters. The van der Waals surface area contributed by atoms with E-state index in [0.717, 1.165) is 27.8 Å². The summed E-state index contributed by atoms with van der Waals surface area (Å²) in [5, 5.41) is 3.85. The average molecular weight is 379 g/mol. The van der Waals surface area contributed by atoms with Crippen LogP contribution in [0.4, 0.5) is 11.8 Å². The quantitative estimate of drug-likeness (QED) is 0.692. The molecule has 1 aliphatic rings. The van der Waals surface area contributed by atoms with Crippen molar-refractivity contribution in [3.8, 4) is 6.01 Å². The summed E-state index contributed by atoms with van der Waals surface area (Å²) in [4.78, 5) is 30.8. The minimum absolute atomic E-state index is 0.0233. The third-order valence-electron chi connectivity index (χ3n) is 4.46. The van der Waals surface area contributed by atoms with E-state index in [9.17, 15) is 4.79 Å². The van der Waals surface area contributed by atoms with Crippen LogP contribution in [0.25, 0.3) is 10.9 Å². The molecule has 9 nitrogen and oxygen atoms in total. The number of ether oxygens (including phenoxy) is 1. The molecule has 0 spiro atoms. The second-order valence-corrected chi connectivity index (χ2v) is 6.75. The molecule has 0 saturated carbocycles. The number of piperazine rings is 1. The van der Waals surface area contributed by atoms with Crippen molar-refractivity contribution in [2.75, 3.05) is 30.3 Å². The standard InChI is InChI=1S/C19H21N7O2/c1-11-3-4-15-13(7-11)8-14(10-28-19-23-12(2)22-18(20)25-19)17(24-15)26-6-5-21-16(27)9-26/h3-4,7-8H,5-6,9-10H2,1-2H3,(H,21,27)(H2,20,22,23,25). The minimum atomic E-state index is -0.0233. The van der Waals surface area contributed by atoms with Crippen LogP contribution in [0.15, 0.2) is 24.3 Å². The van der Waals surface area contributed by atoms with Gasteiger partial charge in [0.25, 0.3) is 0 Å². The SMILES string of the molecule is Cc1ccc2nc(N3CCNC(=O)C3)c(COc3nc(C)nc(N)n3)cc2c1. The largest absolute Gasteiger partial charge is 0.458 e. The Kier molecular flexibility index (Phi) is 4.64. The number of nitrogens with two attached hydrogens (primary N) is 1. The number of nitrogens with one attached hydrogen (secondary N) is 1. The zero-order valence-corrected chi connectivity index (χ0v) is 15.8. The van der Waals surface area contributed by atoms with Crippen molar-refractivity contribution in [3.63, 3.8) is 0 Å². The molecule has 1 amide bonds. The summed E-state index contributed by atoms with van der Waals surface area (Å²) >= 11 is 0. The fourth-order valence-electron chi connectivity index (χ4n) is 3.21. The average Bonchev–Trinajstić information content (AvgIpc) is 2.65. The first-order valence-electron chi connectivity index (χ1n) is 9.01. The van der Waals surface area contributed by atoms with Gasteiger partial charge >= 0.3 is 6.01 Å². The van der Waals surface area contributed by atoms with Crippen LogP contribution in [0, 0.1) is 13.8 Å². The van der Waals surface area contributed by atoms with Crippen molar-refractivity contribution in [3.05, 3.63) is 41.2 Å². The van der Waals surface area contributed by atoms with Gasteiger partial charge in [-0.25, -0.2) is 4.98 Å². The van der Waals surface area contributed by atoms with Gasteiger partial charge in [0, 0.05) is 24.0 Å². The second-order valence-electron chi connectivity index (χ2n) is 6.75. The summed E-state index contributed by atoms with van der Waals surface area (Å²) in [7, 11) is 0. The molecular formula is C19H21N7O2. The van der Waals surface area contributed by atoms with Crippen LogP contribution in [0.3, 0.4) is 0 Å². The molecule has 3 N–H and O–H groups in total. The summed E-state index contributed by atoms with van der Waals surface area (Å²) in [6.07, 6.45) is 0. The van der Waals surface area contributed by atoms with E-state index in [0.29, 0.717) is 18.9 Å². The van der Waals surface area contributed by atoms with Crippen LogP contribution >= 0.6 is 0 Å². The third kappa shape index (κ3) is 3.78. The van der Waals surface area contributed by atoms with E-state index in [1.165, 1.54) is 0 Å². The zero-order chi connectivity index (χ0) is 19.7. The molecule has 3 heterocycles. The van der Waals surface area contributed by atoms with E-state index in [1.807, 2.05) is 30.0 Å². The Balaban J connectivity index is 1.71. The Morgan fingerprint density at radius 3 is 2.82 bits per heavy atom. The molecule has 4 rings (SSSR count). The lowest BCUT2D eigenvalue weighted by Gasteiger charge is -2.29. The van der Waals surface area contributed by atoms with Gasteiger partial charge in [-0.1, -0.05) is 11.6 Å². The number of benzene rings is 1. The maximum absolute atomic E-state index is 11.9. The van der Waals surface area contributed by atoms with E-state index in [1.54, 1.807) is 6.92 Å². The van der Waals surface area contributed by atoms with Gasteiger partial charge in [-0.05, 0) is 32.0 Å². The minimum Gasteiger partial charge on any atom is -0.458 e. The fourth-order valence-corrected chi connectivity index (χ4v) is 3.21. The van der Waals surface area contributed by atoms with E-state index in [4.69, 9.17) is 15.5 Å². The molecule has 0 radical (unpaired) electrons. The Hall–Kier alpha value is -3.49. The number of carbonyl (C=O) groups excluding carboxylic acids is 1. The Labute approximate surface area is 162 Å².